The van der Waals surface area contributed by atoms with Gasteiger partial charge in [-0.15, -0.1) is 0 Å². The van der Waals surface area contributed by atoms with E-state index in [0.29, 0.717) is 5.41 Å². The Balaban J connectivity index is 1.90. The molecule has 0 radical (unpaired) electrons. The van der Waals surface area contributed by atoms with Gasteiger partial charge in [0.25, 0.3) is 0 Å². The lowest BCUT2D eigenvalue weighted by atomic mass is 9.81. The summed E-state index contributed by atoms with van der Waals surface area (Å²) in [5.74, 6) is 2.64. The lowest BCUT2D eigenvalue weighted by Crippen LogP contribution is -2.49. The molecule has 0 saturated carbocycles. The van der Waals surface area contributed by atoms with Gasteiger partial charge in [0.2, 0.25) is 0 Å². The van der Waals surface area contributed by atoms with Gasteiger partial charge in [-0.25, -0.2) is 0 Å². The van der Waals surface area contributed by atoms with E-state index >= 15 is 0 Å². The maximum atomic E-state index is 5.78. The quantitative estimate of drug-likeness (QED) is 0.825. The van der Waals surface area contributed by atoms with Gasteiger partial charge in [0.1, 0.15) is 0 Å². The van der Waals surface area contributed by atoms with Gasteiger partial charge < -0.3 is 15.0 Å². The van der Waals surface area contributed by atoms with E-state index < -0.39 is 0 Å². The van der Waals surface area contributed by atoms with Crippen LogP contribution >= 0.6 is 11.8 Å². The summed E-state index contributed by atoms with van der Waals surface area (Å²) < 4.78 is 5.78. The van der Waals surface area contributed by atoms with Gasteiger partial charge in [0.05, 0.1) is 6.61 Å². The second-order valence-corrected chi connectivity index (χ2v) is 6.90. The molecule has 18 heavy (non-hydrogen) atoms. The molecular formula is C14H28N2OS. The van der Waals surface area contributed by atoms with Gasteiger partial charge in [-0.05, 0) is 38.1 Å². The second kappa shape index (κ2) is 7.73. The topological polar surface area (TPSA) is 24.5 Å². The molecule has 0 spiro atoms. The van der Waals surface area contributed by atoms with Gasteiger partial charge in [-0.3, -0.25) is 0 Å². The Morgan fingerprint density at radius 3 is 3.00 bits per heavy atom. The fourth-order valence-electron chi connectivity index (χ4n) is 3.05. The molecule has 2 fully saturated rings. The molecule has 2 aliphatic rings. The predicted octanol–water partition coefficient (Wildman–Crippen LogP) is 1.83. The molecular weight excluding hydrogens is 244 g/mol. The van der Waals surface area contributed by atoms with Crippen LogP contribution in [0.4, 0.5) is 0 Å². The summed E-state index contributed by atoms with van der Waals surface area (Å²) in [5.41, 5.74) is 0.364. The molecule has 1 N–H and O–H groups in total. The first kappa shape index (κ1) is 14.6. The van der Waals surface area contributed by atoms with Crippen molar-refractivity contribution in [3.05, 3.63) is 0 Å². The highest BCUT2D eigenvalue weighted by Gasteiger charge is 2.34. The summed E-state index contributed by atoms with van der Waals surface area (Å²) >= 11 is 2.11. The van der Waals surface area contributed by atoms with Crippen LogP contribution in [0.5, 0.6) is 0 Å². The van der Waals surface area contributed by atoms with Crippen LogP contribution in [0.25, 0.3) is 0 Å². The number of ether oxygens (including phenoxy) is 1. The van der Waals surface area contributed by atoms with Crippen molar-refractivity contribution >= 4 is 11.8 Å². The summed E-state index contributed by atoms with van der Waals surface area (Å²) in [6.45, 7) is 10.1. The van der Waals surface area contributed by atoms with Crippen LogP contribution in [0.15, 0.2) is 0 Å². The summed E-state index contributed by atoms with van der Waals surface area (Å²) in [5, 5.41) is 3.55. The number of hydrogen-bond acceptors (Lipinski definition) is 4. The smallest absolute Gasteiger partial charge is 0.0546 e. The largest absolute Gasteiger partial charge is 0.381 e. The van der Waals surface area contributed by atoms with Crippen molar-refractivity contribution < 1.29 is 4.74 Å². The van der Waals surface area contributed by atoms with E-state index in [2.05, 4.69) is 28.9 Å². The van der Waals surface area contributed by atoms with Crippen molar-refractivity contribution in [2.45, 2.75) is 26.2 Å². The number of thioether (sulfide) groups is 1. The SMILES string of the molecule is CCNCC1(CN2CCCSCC2)CCCOC1. The van der Waals surface area contributed by atoms with E-state index in [4.69, 9.17) is 4.74 Å². The van der Waals surface area contributed by atoms with E-state index in [9.17, 15) is 0 Å². The molecule has 0 aromatic heterocycles. The molecule has 0 aliphatic carbocycles. The molecule has 2 heterocycles. The summed E-state index contributed by atoms with van der Waals surface area (Å²) in [7, 11) is 0. The van der Waals surface area contributed by atoms with Crippen molar-refractivity contribution in [3.63, 3.8) is 0 Å². The Hall–Kier alpha value is 0.230. The maximum Gasteiger partial charge on any atom is 0.0546 e. The Morgan fingerprint density at radius 2 is 2.22 bits per heavy atom. The number of nitrogens with one attached hydrogen (secondary N) is 1. The zero-order chi connectivity index (χ0) is 12.7. The Morgan fingerprint density at radius 1 is 1.28 bits per heavy atom. The second-order valence-electron chi connectivity index (χ2n) is 5.68. The van der Waals surface area contributed by atoms with Crippen LogP contribution in [0.2, 0.25) is 0 Å². The third-order valence-electron chi connectivity index (χ3n) is 4.03. The highest BCUT2D eigenvalue weighted by molar-refractivity contribution is 7.99. The molecule has 0 aromatic carbocycles. The van der Waals surface area contributed by atoms with Gasteiger partial charge in [0, 0.05) is 37.4 Å². The van der Waals surface area contributed by atoms with Crippen molar-refractivity contribution in [2.75, 3.05) is 57.4 Å². The highest BCUT2D eigenvalue weighted by Crippen LogP contribution is 2.30. The molecule has 1 atom stereocenters. The highest BCUT2D eigenvalue weighted by atomic mass is 32.2. The first-order chi connectivity index (χ1) is 8.85. The number of rotatable bonds is 5. The van der Waals surface area contributed by atoms with E-state index in [1.165, 1.54) is 50.4 Å². The summed E-state index contributed by atoms with van der Waals surface area (Å²) in [4.78, 5) is 2.67. The van der Waals surface area contributed by atoms with Gasteiger partial charge in [-0.1, -0.05) is 6.92 Å². The van der Waals surface area contributed by atoms with Gasteiger partial charge in [-0.2, -0.15) is 11.8 Å². The average Bonchev–Trinajstić information content (AvgIpc) is 2.66. The molecule has 0 amide bonds. The van der Waals surface area contributed by atoms with Crippen molar-refractivity contribution in [3.8, 4) is 0 Å². The van der Waals surface area contributed by atoms with E-state index in [0.717, 1.165) is 26.3 Å². The van der Waals surface area contributed by atoms with Gasteiger partial charge in [0.15, 0.2) is 0 Å². The van der Waals surface area contributed by atoms with Crippen LogP contribution in [0, 0.1) is 5.41 Å². The molecule has 3 nitrogen and oxygen atoms in total. The molecule has 2 aliphatic heterocycles. The van der Waals surface area contributed by atoms with E-state index in [1.54, 1.807) is 0 Å². The van der Waals surface area contributed by atoms with Crippen molar-refractivity contribution in [1.82, 2.24) is 10.2 Å². The lowest BCUT2D eigenvalue weighted by Gasteiger charge is -2.41. The molecule has 2 rings (SSSR count). The normalized spacial score (nSPS) is 31.2. The monoisotopic (exact) mass is 272 g/mol. The fourth-order valence-corrected chi connectivity index (χ4v) is 3.98. The van der Waals surface area contributed by atoms with Crippen molar-refractivity contribution in [1.29, 1.82) is 0 Å². The third-order valence-corrected chi connectivity index (χ3v) is 5.08. The zero-order valence-corrected chi connectivity index (χ0v) is 12.6. The maximum absolute atomic E-state index is 5.78. The average molecular weight is 272 g/mol. The van der Waals surface area contributed by atoms with Crippen LogP contribution in [0.3, 0.4) is 0 Å². The molecule has 4 heteroatoms. The minimum absolute atomic E-state index is 0.364. The first-order valence-electron chi connectivity index (χ1n) is 7.43. The summed E-state index contributed by atoms with van der Waals surface area (Å²) in [6, 6.07) is 0. The molecule has 0 aromatic rings. The van der Waals surface area contributed by atoms with Crippen LogP contribution < -0.4 is 5.32 Å². The Labute approximate surface area is 116 Å². The molecule has 2 saturated heterocycles. The summed E-state index contributed by atoms with van der Waals surface area (Å²) in [6.07, 6.45) is 3.90. The van der Waals surface area contributed by atoms with Crippen molar-refractivity contribution in [2.24, 2.45) is 5.41 Å². The van der Waals surface area contributed by atoms with E-state index in [-0.39, 0.29) is 0 Å². The Kier molecular flexibility index (Phi) is 6.29. The van der Waals surface area contributed by atoms with Crippen LogP contribution in [-0.2, 0) is 4.74 Å². The van der Waals surface area contributed by atoms with Crippen LogP contribution in [-0.4, -0.2) is 62.3 Å². The lowest BCUT2D eigenvalue weighted by molar-refractivity contribution is -0.0249. The predicted molar refractivity (Wildman–Crippen MR) is 79.4 cm³/mol. The number of hydrogen-bond donors (Lipinski definition) is 1. The van der Waals surface area contributed by atoms with E-state index in [1.807, 2.05) is 0 Å². The Bertz CT molecular complexity index is 224. The number of nitrogens with zero attached hydrogens (tertiary/aromatic N) is 1. The molecule has 1 unspecified atom stereocenters. The minimum Gasteiger partial charge on any atom is -0.381 e. The van der Waals surface area contributed by atoms with Crippen LogP contribution in [0.1, 0.15) is 26.2 Å². The molecule has 106 valence electrons. The third kappa shape index (κ3) is 4.41. The minimum atomic E-state index is 0.364. The first-order valence-corrected chi connectivity index (χ1v) is 8.59. The van der Waals surface area contributed by atoms with Gasteiger partial charge >= 0.3 is 0 Å². The fraction of sp³-hybridized carbons (Fsp3) is 1.00. The zero-order valence-electron chi connectivity index (χ0n) is 11.7. The standard InChI is InChI=1S/C14H28N2OS/c1-2-15-11-14(5-3-8-17-13-14)12-16-6-4-9-18-10-7-16/h15H,2-13H2,1H3. The molecule has 0 bridgehead atoms.